The van der Waals surface area contributed by atoms with Crippen LogP contribution in [0.1, 0.15) is 64.9 Å². The lowest BCUT2D eigenvalue weighted by Crippen LogP contribution is -2.38. The highest BCUT2D eigenvalue weighted by atomic mass is 16.7. The zero-order valence-electron chi connectivity index (χ0n) is 21.0. The van der Waals surface area contributed by atoms with Gasteiger partial charge in [0, 0.05) is 5.92 Å². The van der Waals surface area contributed by atoms with Gasteiger partial charge in [0.05, 0.1) is 19.8 Å². The number of carboxylic acids is 1. The van der Waals surface area contributed by atoms with Crippen LogP contribution in [0.25, 0.3) is 0 Å². The van der Waals surface area contributed by atoms with Gasteiger partial charge in [0.2, 0.25) is 0 Å². The highest BCUT2D eigenvalue weighted by Gasteiger charge is 2.30. The second-order valence-corrected chi connectivity index (χ2v) is 7.84. The standard InChI is InChI=1S/C24H35NO11/c1-5-10-31-22(28)34-15(4)13-17(20(25)21(26)27)16-8-9-18(35-23(29)32-11-6-2)19(14-16)36-24(30)33-12-7-3/h8-9,14-15,17,20H,5-7,10-13,25H2,1-4H3,(H,26,27)/t15?,17?,20-/m0/s1. The molecule has 2 unspecified atom stereocenters. The van der Waals surface area contributed by atoms with E-state index in [0.29, 0.717) is 24.8 Å². The number of ether oxygens (including phenoxy) is 6. The van der Waals surface area contributed by atoms with Crippen LogP contribution in [0.5, 0.6) is 11.5 Å². The molecule has 0 aliphatic rings. The summed E-state index contributed by atoms with van der Waals surface area (Å²) in [6, 6.07) is 2.69. The molecule has 0 fully saturated rings. The second-order valence-electron chi connectivity index (χ2n) is 7.84. The van der Waals surface area contributed by atoms with E-state index < -0.39 is 42.5 Å². The third-order valence-corrected chi connectivity index (χ3v) is 4.66. The maximum Gasteiger partial charge on any atom is 0.513 e. The fourth-order valence-corrected chi connectivity index (χ4v) is 2.98. The number of carbonyl (C=O) groups is 4. The van der Waals surface area contributed by atoms with E-state index in [1.807, 2.05) is 6.92 Å². The Balaban J connectivity index is 3.25. The minimum absolute atomic E-state index is 0.00710. The Bertz CT molecular complexity index is 874. The van der Waals surface area contributed by atoms with E-state index in [1.54, 1.807) is 20.8 Å². The third-order valence-electron chi connectivity index (χ3n) is 4.66. The summed E-state index contributed by atoms with van der Waals surface area (Å²) in [5, 5.41) is 9.54. The molecule has 0 radical (unpaired) electrons. The molecule has 1 aromatic rings. The van der Waals surface area contributed by atoms with E-state index in [2.05, 4.69) is 0 Å². The van der Waals surface area contributed by atoms with Crippen molar-refractivity contribution in [1.29, 1.82) is 0 Å². The molecule has 0 saturated carbocycles. The lowest BCUT2D eigenvalue weighted by atomic mass is 9.87. The Labute approximate surface area is 209 Å². The van der Waals surface area contributed by atoms with Crippen LogP contribution < -0.4 is 15.2 Å². The van der Waals surface area contributed by atoms with Crippen molar-refractivity contribution in [2.45, 2.75) is 71.4 Å². The first-order valence-corrected chi connectivity index (χ1v) is 11.8. The number of nitrogens with two attached hydrogens (primary N) is 1. The minimum Gasteiger partial charge on any atom is -0.480 e. The Morgan fingerprint density at radius 3 is 1.83 bits per heavy atom. The molecule has 202 valence electrons. The predicted octanol–water partition coefficient (Wildman–Crippen LogP) is 4.37. The summed E-state index contributed by atoms with van der Waals surface area (Å²) < 4.78 is 30.2. The first-order valence-electron chi connectivity index (χ1n) is 11.8. The molecular formula is C24H35NO11. The van der Waals surface area contributed by atoms with E-state index >= 15 is 0 Å². The van der Waals surface area contributed by atoms with Crippen molar-refractivity contribution in [3.63, 3.8) is 0 Å². The fraction of sp³-hybridized carbons (Fsp3) is 0.583. The molecule has 0 aliphatic heterocycles. The summed E-state index contributed by atoms with van der Waals surface area (Å²) in [7, 11) is 0. The van der Waals surface area contributed by atoms with Gasteiger partial charge in [0.25, 0.3) is 0 Å². The second kappa shape index (κ2) is 16.2. The molecule has 12 nitrogen and oxygen atoms in total. The van der Waals surface area contributed by atoms with Gasteiger partial charge >= 0.3 is 24.4 Å². The predicted molar refractivity (Wildman–Crippen MR) is 126 cm³/mol. The Morgan fingerprint density at radius 2 is 1.33 bits per heavy atom. The van der Waals surface area contributed by atoms with Crippen LogP contribution in [0.2, 0.25) is 0 Å². The highest BCUT2D eigenvalue weighted by Crippen LogP contribution is 2.35. The van der Waals surface area contributed by atoms with Crippen LogP contribution in [-0.4, -0.2) is 61.5 Å². The normalized spacial score (nSPS) is 13.0. The molecule has 0 spiro atoms. The van der Waals surface area contributed by atoms with Crippen molar-refractivity contribution in [2.75, 3.05) is 19.8 Å². The molecule has 0 aromatic heterocycles. The van der Waals surface area contributed by atoms with Crippen LogP contribution in [0, 0.1) is 0 Å². The van der Waals surface area contributed by atoms with Crippen molar-refractivity contribution in [2.24, 2.45) is 5.73 Å². The van der Waals surface area contributed by atoms with E-state index in [0.717, 1.165) is 0 Å². The summed E-state index contributed by atoms with van der Waals surface area (Å²) in [6.07, 6.45) is -1.96. The average molecular weight is 514 g/mol. The number of hydrogen-bond donors (Lipinski definition) is 2. The van der Waals surface area contributed by atoms with E-state index in [4.69, 9.17) is 34.2 Å². The van der Waals surface area contributed by atoms with Gasteiger partial charge in [0.15, 0.2) is 11.5 Å². The molecule has 0 aliphatic carbocycles. The van der Waals surface area contributed by atoms with Gasteiger partial charge in [-0.1, -0.05) is 26.8 Å². The maximum atomic E-state index is 12.1. The van der Waals surface area contributed by atoms with E-state index in [9.17, 15) is 24.3 Å². The molecule has 0 heterocycles. The maximum absolute atomic E-state index is 12.1. The molecule has 3 N–H and O–H groups in total. The molecule has 36 heavy (non-hydrogen) atoms. The molecule has 0 bridgehead atoms. The first-order chi connectivity index (χ1) is 17.1. The topological polar surface area (TPSA) is 170 Å². The Kier molecular flexibility index (Phi) is 13.7. The van der Waals surface area contributed by atoms with Crippen LogP contribution in [-0.2, 0) is 23.7 Å². The largest absolute Gasteiger partial charge is 0.513 e. The van der Waals surface area contributed by atoms with Crippen LogP contribution in [0.4, 0.5) is 14.4 Å². The fourth-order valence-electron chi connectivity index (χ4n) is 2.98. The number of hydrogen-bond acceptors (Lipinski definition) is 11. The highest BCUT2D eigenvalue weighted by molar-refractivity contribution is 5.75. The zero-order chi connectivity index (χ0) is 27.1. The average Bonchev–Trinajstić information content (AvgIpc) is 2.84. The van der Waals surface area contributed by atoms with Crippen LogP contribution >= 0.6 is 0 Å². The molecular weight excluding hydrogens is 478 g/mol. The zero-order valence-corrected chi connectivity index (χ0v) is 21.0. The summed E-state index contributed by atoms with van der Waals surface area (Å²) in [5.74, 6) is -2.54. The van der Waals surface area contributed by atoms with Crippen LogP contribution in [0.15, 0.2) is 18.2 Å². The lowest BCUT2D eigenvalue weighted by molar-refractivity contribution is -0.139. The Hall–Kier alpha value is -3.54. The van der Waals surface area contributed by atoms with Gasteiger partial charge in [-0.05, 0) is 50.3 Å². The molecule has 1 rings (SSSR count). The molecule has 12 heteroatoms. The van der Waals surface area contributed by atoms with Crippen molar-refractivity contribution in [3.05, 3.63) is 23.8 Å². The summed E-state index contributed by atoms with van der Waals surface area (Å²) >= 11 is 0. The lowest BCUT2D eigenvalue weighted by Gasteiger charge is -2.25. The van der Waals surface area contributed by atoms with Gasteiger partial charge in [-0.15, -0.1) is 0 Å². The van der Waals surface area contributed by atoms with Crippen LogP contribution in [0.3, 0.4) is 0 Å². The van der Waals surface area contributed by atoms with E-state index in [1.165, 1.54) is 18.2 Å². The number of benzene rings is 1. The van der Waals surface area contributed by atoms with Gasteiger partial charge < -0.3 is 39.3 Å². The molecule has 1 aromatic carbocycles. The molecule has 0 amide bonds. The summed E-state index contributed by atoms with van der Waals surface area (Å²) in [6.45, 7) is 7.40. The third kappa shape index (κ3) is 10.8. The SMILES string of the molecule is CCCOC(=O)Oc1ccc(C(CC(C)OC(=O)OCCC)[C@H](N)C(=O)O)cc1OC(=O)OCCC. The first kappa shape index (κ1) is 30.5. The van der Waals surface area contributed by atoms with Gasteiger partial charge in [-0.25, -0.2) is 14.4 Å². The summed E-state index contributed by atoms with van der Waals surface area (Å²) in [4.78, 5) is 47.5. The van der Waals surface area contributed by atoms with Gasteiger partial charge in [-0.3, -0.25) is 4.79 Å². The van der Waals surface area contributed by atoms with E-state index in [-0.39, 0.29) is 37.7 Å². The monoisotopic (exact) mass is 513 g/mol. The van der Waals surface area contributed by atoms with Crippen molar-refractivity contribution in [3.8, 4) is 11.5 Å². The minimum atomic E-state index is -1.40. The Morgan fingerprint density at radius 1 is 0.833 bits per heavy atom. The van der Waals surface area contributed by atoms with Gasteiger partial charge in [0.1, 0.15) is 12.1 Å². The number of carbonyl (C=O) groups excluding carboxylic acids is 3. The molecule has 0 saturated heterocycles. The van der Waals surface area contributed by atoms with Gasteiger partial charge in [-0.2, -0.15) is 0 Å². The number of carboxylic acid groups (broad SMARTS) is 1. The van der Waals surface area contributed by atoms with Crippen molar-refractivity contribution < 1.29 is 52.7 Å². The quantitative estimate of drug-likeness (QED) is 0.205. The number of aliphatic carboxylic acids is 1. The smallest absolute Gasteiger partial charge is 0.480 e. The van der Waals surface area contributed by atoms with Crippen molar-refractivity contribution in [1.82, 2.24) is 0 Å². The summed E-state index contributed by atoms with van der Waals surface area (Å²) in [5.41, 5.74) is 6.26. The van der Waals surface area contributed by atoms with Crippen molar-refractivity contribution >= 4 is 24.4 Å². The number of rotatable bonds is 14. The molecule has 3 atom stereocenters.